The molecule has 1 atom stereocenters. The Morgan fingerprint density at radius 1 is 1.16 bits per heavy atom. The quantitative estimate of drug-likeness (QED) is 0.589. The van der Waals surface area contributed by atoms with Gasteiger partial charge < -0.3 is 24.8 Å². The Kier molecular flexibility index (Phi) is 6.20. The van der Waals surface area contributed by atoms with Gasteiger partial charge in [-0.25, -0.2) is 0 Å². The topological polar surface area (TPSA) is 94.6 Å². The molecule has 0 radical (unpaired) electrons. The first-order valence-corrected chi connectivity index (χ1v) is 12.6. The number of rotatable bonds is 7. The third kappa shape index (κ3) is 5.07. The molecule has 10 heteroatoms. The van der Waals surface area contributed by atoms with E-state index in [1.807, 2.05) is 18.2 Å². The molecule has 1 aromatic carbocycles. The van der Waals surface area contributed by atoms with Crippen molar-refractivity contribution in [2.24, 2.45) is 0 Å². The lowest BCUT2D eigenvalue weighted by Crippen LogP contribution is -2.40. The van der Waals surface area contributed by atoms with Gasteiger partial charge in [0.25, 0.3) is 5.79 Å². The number of amides is 1. The molecule has 1 aromatic heterocycles. The van der Waals surface area contributed by atoms with Gasteiger partial charge >= 0.3 is 0 Å². The zero-order valence-electron chi connectivity index (χ0n) is 17.2. The Hall–Kier alpha value is -2.04. The van der Waals surface area contributed by atoms with Crippen LogP contribution in [0.25, 0.3) is 0 Å². The maximum Gasteiger partial charge on any atom is 0.251 e. The molecule has 2 N–H and O–H groups in total. The summed E-state index contributed by atoms with van der Waals surface area (Å²) in [5.74, 6) is 1.12. The van der Waals surface area contributed by atoms with Crippen LogP contribution in [0.3, 0.4) is 0 Å². The normalized spacial score (nSPS) is 21.4. The first kappa shape index (κ1) is 20.8. The number of carbonyl (C=O) groups excluding carboxylic acids is 1. The Balaban J connectivity index is 1.10. The summed E-state index contributed by atoms with van der Waals surface area (Å²) in [6, 6.07) is 5.57. The molecule has 2 aromatic rings. The lowest BCUT2D eigenvalue weighted by Gasteiger charge is -2.31. The largest absolute Gasteiger partial charge is 0.448 e. The summed E-state index contributed by atoms with van der Waals surface area (Å²) in [7, 11) is 0. The van der Waals surface area contributed by atoms with Gasteiger partial charge in [0.15, 0.2) is 15.8 Å². The van der Waals surface area contributed by atoms with E-state index < -0.39 is 5.79 Å². The smallest absolute Gasteiger partial charge is 0.251 e. The second kappa shape index (κ2) is 9.22. The van der Waals surface area contributed by atoms with Crippen molar-refractivity contribution in [2.75, 3.05) is 29.5 Å². The molecule has 31 heavy (non-hydrogen) atoms. The molecule has 2 aliphatic heterocycles. The number of anilines is 2. The van der Waals surface area contributed by atoms with E-state index in [4.69, 9.17) is 14.2 Å². The molecular weight excluding hydrogens is 436 g/mol. The first-order chi connectivity index (χ1) is 15.2. The second-order valence-electron chi connectivity index (χ2n) is 8.06. The van der Waals surface area contributed by atoms with Crippen molar-refractivity contribution < 1.29 is 19.0 Å². The number of fused-ring (bicyclic) bond motifs is 1. The number of nitrogens with one attached hydrogen (secondary N) is 2. The van der Waals surface area contributed by atoms with Crippen LogP contribution in [0, 0.1) is 0 Å². The molecule has 1 saturated heterocycles. The van der Waals surface area contributed by atoms with E-state index in [1.54, 1.807) is 0 Å². The van der Waals surface area contributed by atoms with Gasteiger partial charge in [0.05, 0.1) is 11.9 Å². The summed E-state index contributed by atoms with van der Waals surface area (Å²) in [4.78, 5) is 12.4. The Morgan fingerprint density at radius 2 is 2.03 bits per heavy atom. The number of aromatic nitrogens is 2. The van der Waals surface area contributed by atoms with Gasteiger partial charge in [0.2, 0.25) is 11.0 Å². The minimum absolute atomic E-state index is 0.0969. The predicted molar refractivity (Wildman–Crippen MR) is 120 cm³/mol. The number of hydrogen-bond acceptors (Lipinski definition) is 9. The SMILES string of the molecule is O=C(CSc1nnc(NC[C@@H]2CCCO2)s1)Nc1ccc2c(c1)OC1(CCCCC1)O2. The van der Waals surface area contributed by atoms with Gasteiger partial charge in [0, 0.05) is 37.7 Å². The van der Waals surface area contributed by atoms with Gasteiger partial charge in [-0.05, 0) is 37.8 Å². The number of nitrogens with zero attached hydrogens (tertiary/aromatic N) is 2. The molecule has 0 unspecified atom stereocenters. The Morgan fingerprint density at radius 3 is 2.87 bits per heavy atom. The van der Waals surface area contributed by atoms with Gasteiger partial charge in [-0.3, -0.25) is 4.79 Å². The highest BCUT2D eigenvalue weighted by molar-refractivity contribution is 8.01. The van der Waals surface area contributed by atoms with Crippen molar-refractivity contribution in [3.63, 3.8) is 0 Å². The predicted octanol–water partition coefficient (Wildman–Crippen LogP) is 4.29. The number of hydrogen-bond donors (Lipinski definition) is 2. The minimum atomic E-state index is -0.507. The highest BCUT2D eigenvalue weighted by Crippen LogP contribution is 2.46. The van der Waals surface area contributed by atoms with Crippen molar-refractivity contribution in [3.05, 3.63) is 18.2 Å². The highest BCUT2D eigenvalue weighted by atomic mass is 32.2. The number of thioether (sulfide) groups is 1. The van der Waals surface area contributed by atoms with E-state index in [-0.39, 0.29) is 17.8 Å². The maximum absolute atomic E-state index is 12.4. The fraction of sp³-hybridized carbons (Fsp3) is 0.571. The van der Waals surface area contributed by atoms with Crippen molar-refractivity contribution in [2.45, 2.75) is 61.2 Å². The summed E-state index contributed by atoms with van der Waals surface area (Å²) in [6.07, 6.45) is 7.72. The van der Waals surface area contributed by atoms with Crippen LogP contribution in [0.4, 0.5) is 10.8 Å². The number of benzene rings is 1. The second-order valence-corrected chi connectivity index (χ2v) is 10.3. The van der Waals surface area contributed by atoms with Crippen LogP contribution in [-0.2, 0) is 9.53 Å². The standard InChI is InChI=1S/C21H26N4O4S2/c26-18(13-30-20-25-24-19(31-20)22-12-15-5-4-10-27-15)23-14-6-7-16-17(11-14)29-21(28-16)8-2-1-3-9-21/h6-7,11,15H,1-5,8-10,12-13H2,(H,22,24)(H,23,26)/t15-/m0/s1. The van der Waals surface area contributed by atoms with Gasteiger partial charge in [0.1, 0.15) is 0 Å². The molecule has 8 nitrogen and oxygen atoms in total. The zero-order chi connectivity index (χ0) is 21.1. The molecular formula is C21H26N4O4S2. The third-order valence-corrected chi connectivity index (χ3v) is 7.69. The van der Waals surface area contributed by atoms with Crippen LogP contribution in [0.2, 0.25) is 0 Å². The molecule has 1 amide bonds. The van der Waals surface area contributed by atoms with Crippen LogP contribution < -0.4 is 20.1 Å². The molecule has 1 saturated carbocycles. The molecule has 3 aliphatic rings. The Bertz CT molecular complexity index is 926. The number of ether oxygens (including phenoxy) is 3. The van der Waals surface area contributed by atoms with Crippen molar-refractivity contribution >= 4 is 39.8 Å². The summed E-state index contributed by atoms with van der Waals surface area (Å²) in [6.45, 7) is 1.58. The summed E-state index contributed by atoms with van der Waals surface area (Å²) in [5, 5.41) is 15.2. The molecule has 1 aliphatic carbocycles. The van der Waals surface area contributed by atoms with Crippen LogP contribution in [0.1, 0.15) is 44.9 Å². The monoisotopic (exact) mass is 462 g/mol. The van der Waals surface area contributed by atoms with Crippen molar-refractivity contribution in [3.8, 4) is 11.5 Å². The van der Waals surface area contributed by atoms with E-state index in [0.29, 0.717) is 11.4 Å². The number of carbonyl (C=O) groups is 1. The summed E-state index contributed by atoms with van der Waals surface area (Å²) < 4.78 is 18.6. The Labute approximate surface area is 189 Å². The summed E-state index contributed by atoms with van der Waals surface area (Å²) >= 11 is 2.83. The third-order valence-electron chi connectivity index (χ3n) is 5.67. The molecule has 166 valence electrons. The van der Waals surface area contributed by atoms with Crippen LogP contribution >= 0.6 is 23.1 Å². The highest BCUT2D eigenvalue weighted by Gasteiger charge is 2.42. The van der Waals surface area contributed by atoms with Crippen molar-refractivity contribution in [1.29, 1.82) is 0 Å². The van der Waals surface area contributed by atoms with Crippen LogP contribution in [0.15, 0.2) is 22.5 Å². The van der Waals surface area contributed by atoms with Gasteiger partial charge in [-0.15, -0.1) is 10.2 Å². The molecule has 3 heterocycles. The lowest BCUT2D eigenvalue weighted by molar-refractivity contribution is -0.113. The van der Waals surface area contributed by atoms with Crippen LogP contribution in [0.5, 0.6) is 11.5 Å². The average Bonchev–Trinajstić information content (AvgIpc) is 3.51. The lowest BCUT2D eigenvalue weighted by atomic mass is 9.94. The molecule has 2 fully saturated rings. The van der Waals surface area contributed by atoms with E-state index in [1.165, 1.54) is 29.5 Å². The molecule has 0 bridgehead atoms. The van der Waals surface area contributed by atoms with E-state index >= 15 is 0 Å². The average molecular weight is 463 g/mol. The fourth-order valence-electron chi connectivity index (χ4n) is 4.14. The molecule has 5 rings (SSSR count). The van der Waals surface area contributed by atoms with E-state index in [9.17, 15) is 4.79 Å². The van der Waals surface area contributed by atoms with Crippen molar-refractivity contribution in [1.82, 2.24) is 10.2 Å². The van der Waals surface area contributed by atoms with Gasteiger partial charge in [-0.1, -0.05) is 29.5 Å². The van der Waals surface area contributed by atoms with Gasteiger partial charge in [-0.2, -0.15) is 0 Å². The van der Waals surface area contributed by atoms with E-state index in [0.717, 1.165) is 66.9 Å². The zero-order valence-corrected chi connectivity index (χ0v) is 18.9. The fourth-order valence-corrected chi connectivity index (χ4v) is 5.70. The molecule has 1 spiro atoms. The first-order valence-electron chi connectivity index (χ1n) is 10.8. The minimum Gasteiger partial charge on any atom is -0.448 e. The summed E-state index contributed by atoms with van der Waals surface area (Å²) in [5.41, 5.74) is 0.706. The maximum atomic E-state index is 12.4. The van der Waals surface area contributed by atoms with Crippen LogP contribution in [-0.4, -0.2) is 46.9 Å². The van der Waals surface area contributed by atoms with E-state index in [2.05, 4.69) is 20.8 Å².